The number of methoxy groups -OCH3 is 1. The zero-order valence-electron chi connectivity index (χ0n) is 15.7. The molecule has 0 spiro atoms. The number of phenolic OH excluding ortho intramolecular Hbond substituents is 1. The molecular formula is C21H25NO5. The Bertz CT molecular complexity index is 802. The molecule has 1 amide bonds. The molecule has 0 saturated heterocycles. The average molecular weight is 371 g/mol. The average Bonchev–Trinajstić information content (AvgIpc) is 2.93. The van der Waals surface area contributed by atoms with E-state index in [1.54, 1.807) is 30.2 Å². The van der Waals surface area contributed by atoms with Gasteiger partial charge in [-0.2, -0.15) is 0 Å². The van der Waals surface area contributed by atoms with Gasteiger partial charge in [-0.15, -0.1) is 0 Å². The smallest absolute Gasteiger partial charge is 0.290 e. The van der Waals surface area contributed by atoms with Gasteiger partial charge in [0.05, 0.1) is 24.1 Å². The monoisotopic (exact) mass is 371 g/mol. The van der Waals surface area contributed by atoms with Gasteiger partial charge in [-0.05, 0) is 42.9 Å². The van der Waals surface area contributed by atoms with E-state index in [0.717, 1.165) is 19.3 Å². The van der Waals surface area contributed by atoms with Crippen LogP contribution in [0.3, 0.4) is 0 Å². The quantitative estimate of drug-likeness (QED) is 0.880. The van der Waals surface area contributed by atoms with Crippen LogP contribution in [0.25, 0.3) is 0 Å². The number of ketones is 1. The molecule has 2 heterocycles. The Morgan fingerprint density at radius 3 is 2.85 bits per heavy atom. The van der Waals surface area contributed by atoms with Gasteiger partial charge in [-0.1, -0.05) is 19.1 Å². The lowest BCUT2D eigenvalue weighted by atomic mass is 9.74. The van der Waals surface area contributed by atoms with Crippen molar-refractivity contribution in [3.63, 3.8) is 0 Å². The fraction of sp³-hybridized carbons (Fsp3) is 0.524. The van der Waals surface area contributed by atoms with E-state index in [4.69, 9.17) is 9.47 Å². The van der Waals surface area contributed by atoms with E-state index in [-0.39, 0.29) is 35.2 Å². The number of nitrogens with zero attached hydrogens (tertiary/aromatic N) is 1. The number of phenols is 1. The van der Waals surface area contributed by atoms with Gasteiger partial charge < -0.3 is 19.5 Å². The number of hydrogen-bond acceptors (Lipinski definition) is 5. The summed E-state index contributed by atoms with van der Waals surface area (Å²) >= 11 is 0. The van der Waals surface area contributed by atoms with E-state index in [1.165, 1.54) is 0 Å². The zero-order valence-corrected chi connectivity index (χ0v) is 15.7. The van der Waals surface area contributed by atoms with Crippen LogP contribution in [-0.4, -0.2) is 48.1 Å². The van der Waals surface area contributed by atoms with Gasteiger partial charge in [0.25, 0.3) is 5.91 Å². The molecule has 1 fully saturated rings. The molecule has 0 bridgehead atoms. The lowest BCUT2D eigenvalue weighted by molar-refractivity contribution is -0.136. The zero-order chi connectivity index (χ0) is 19.1. The molecule has 4 atom stereocenters. The van der Waals surface area contributed by atoms with Crippen LogP contribution in [0.5, 0.6) is 5.75 Å². The predicted octanol–water partition coefficient (Wildman–Crippen LogP) is 2.58. The van der Waals surface area contributed by atoms with Crippen LogP contribution >= 0.6 is 0 Å². The third kappa shape index (κ3) is 3.02. The number of hydrogen-bond donors (Lipinski definition) is 1. The van der Waals surface area contributed by atoms with Gasteiger partial charge in [0.15, 0.2) is 11.5 Å². The van der Waals surface area contributed by atoms with Crippen LogP contribution in [-0.2, 0) is 19.1 Å². The van der Waals surface area contributed by atoms with Gasteiger partial charge in [0.1, 0.15) is 11.9 Å². The summed E-state index contributed by atoms with van der Waals surface area (Å²) in [6, 6.07) is 6.20. The first-order valence-corrected chi connectivity index (χ1v) is 9.55. The highest BCUT2D eigenvalue weighted by Crippen LogP contribution is 2.47. The summed E-state index contributed by atoms with van der Waals surface area (Å²) in [6.07, 6.45) is 2.40. The summed E-state index contributed by atoms with van der Waals surface area (Å²) in [5, 5.41) is 9.93. The summed E-state index contributed by atoms with van der Waals surface area (Å²) in [4.78, 5) is 28.1. The van der Waals surface area contributed by atoms with Gasteiger partial charge >= 0.3 is 0 Å². The number of Topliss-reactive ketones (excluding diaryl/α,β-unsaturated/α-hetero) is 1. The second-order valence-electron chi connectivity index (χ2n) is 7.78. The van der Waals surface area contributed by atoms with Crippen LogP contribution < -0.4 is 0 Å². The minimum atomic E-state index is -0.541. The van der Waals surface area contributed by atoms with Crippen molar-refractivity contribution < 1.29 is 24.2 Å². The van der Waals surface area contributed by atoms with Crippen LogP contribution in [0, 0.1) is 11.8 Å². The Morgan fingerprint density at radius 1 is 1.30 bits per heavy atom. The molecular weight excluding hydrogens is 346 g/mol. The van der Waals surface area contributed by atoms with E-state index in [1.807, 2.05) is 6.07 Å². The summed E-state index contributed by atoms with van der Waals surface area (Å²) in [7, 11) is 1.58. The molecule has 4 unspecified atom stereocenters. The fourth-order valence-corrected chi connectivity index (χ4v) is 4.59. The molecule has 6 nitrogen and oxygen atoms in total. The Labute approximate surface area is 158 Å². The van der Waals surface area contributed by atoms with Crippen molar-refractivity contribution in [3.05, 3.63) is 41.2 Å². The lowest BCUT2D eigenvalue weighted by Gasteiger charge is -2.37. The molecule has 1 saturated carbocycles. The maximum atomic E-state index is 13.4. The topological polar surface area (TPSA) is 76.1 Å². The van der Waals surface area contributed by atoms with Crippen molar-refractivity contribution in [2.45, 2.75) is 38.3 Å². The SMILES string of the molecule is COCCN1C(=O)C2=C(C(=O)C3CC(C)CCC3O2)C1c1cccc(O)c1. The van der Waals surface area contributed by atoms with Gasteiger partial charge in [-0.25, -0.2) is 0 Å². The molecule has 1 aromatic carbocycles. The van der Waals surface area contributed by atoms with E-state index >= 15 is 0 Å². The molecule has 4 rings (SSSR count). The molecule has 1 aliphatic carbocycles. The number of ether oxygens (including phenoxy) is 2. The van der Waals surface area contributed by atoms with Crippen molar-refractivity contribution >= 4 is 11.7 Å². The number of aromatic hydroxyl groups is 1. The minimum absolute atomic E-state index is 0.0226. The molecule has 3 aliphatic rings. The van der Waals surface area contributed by atoms with Crippen LogP contribution in [0.4, 0.5) is 0 Å². The number of fused-ring (bicyclic) bond motifs is 1. The van der Waals surface area contributed by atoms with Crippen LogP contribution in [0.1, 0.15) is 37.8 Å². The predicted molar refractivity (Wildman–Crippen MR) is 97.8 cm³/mol. The van der Waals surface area contributed by atoms with Crippen molar-refractivity contribution in [1.29, 1.82) is 0 Å². The summed E-state index contributed by atoms with van der Waals surface area (Å²) in [5.41, 5.74) is 1.15. The van der Waals surface area contributed by atoms with E-state index in [9.17, 15) is 14.7 Å². The summed E-state index contributed by atoms with van der Waals surface area (Å²) in [6.45, 7) is 2.87. The third-order valence-electron chi connectivity index (χ3n) is 5.93. The minimum Gasteiger partial charge on any atom is -0.508 e. The standard InChI is InChI=1S/C21H25NO5/c1-12-6-7-16-15(10-12)19(24)17-18(13-4-3-5-14(23)11-13)22(8-9-26-2)21(25)20(17)27-16/h3-5,11-12,15-16,18,23H,6-10H2,1-2H3. The molecule has 27 heavy (non-hydrogen) atoms. The van der Waals surface area contributed by atoms with Gasteiger partial charge in [0.2, 0.25) is 0 Å². The molecule has 1 N–H and O–H groups in total. The van der Waals surface area contributed by atoms with E-state index in [2.05, 4.69) is 6.92 Å². The molecule has 144 valence electrons. The summed E-state index contributed by atoms with van der Waals surface area (Å²) < 4.78 is 11.3. The molecule has 2 aliphatic heterocycles. The van der Waals surface area contributed by atoms with Crippen molar-refractivity contribution in [1.82, 2.24) is 4.90 Å². The Balaban J connectivity index is 1.77. The van der Waals surface area contributed by atoms with Crippen molar-refractivity contribution in [3.8, 4) is 5.75 Å². The second kappa shape index (κ2) is 7.00. The first kappa shape index (κ1) is 18.0. The molecule has 0 aromatic heterocycles. The van der Waals surface area contributed by atoms with Crippen LogP contribution in [0.15, 0.2) is 35.6 Å². The third-order valence-corrected chi connectivity index (χ3v) is 5.93. The summed E-state index contributed by atoms with van der Waals surface area (Å²) in [5.74, 6) is 0.342. The highest BCUT2D eigenvalue weighted by molar-refractivity contribution is 6.11. The van der Waals surface area contributed by atoms with Crippen molar-refractivity contribution in [2.24, 2.45) is 11.8 Å². The molecule has 1 aromatic rings. The second-order valence-corrected chi connectivity index (χ2v) is 7.78. The lowest BCUT2D eigenvalue weighted by Crippen LogP contribution is -2.41. The maximum Gasteiger partial charge on any atom is 0.290 e. The number of carbonyl (C=O) groups excluding carboxylic acids is 2. The maximum absolute atomic E-state index is 13.4. The van der Waals surface area contributed by atoms with Gasteiger partial charge in [-0.3, -0.25) is 9.59 Å². The first-order valence-electron chi connectivity index (χ1n) is 9.55. The molecule has 0 radical (unpaired) electrons. The molecule has 6 heteroatoms. The number of rotatable bonds is 4. The number of carbonyl (C=O) groups is 2. The fourth-order valence-electron chi connectivity index (χ4n) is 4.59. The normalized spacial score (nSPS) is 30.2. The Morgan fingerprint density at radius 2 is 2.11 bits per heavy atom. The number of benzene rings is 1. The van der Waals surface area contributed by atoms with Crippen LogP contribution in [0.2, 0.25) is 0 Å². The van der Waals surface area contributed by atoms with Crippen molar-refractivity contribution in [2.75, 3.05) is 20.3 Å². The number of amides is 1. The highest BCUT2D eigenvalue weighted by atomic mass is 16.5. The first-order chi connectivity index (χ1) is 13.0. The van der Waals surface area contributed by atoms with E-state index < -0.39 is 6.04 Å². The Kier molecular flexibility index (Phi) is 4.68. The highest BCUT2D eigenvalue weighted by Gasteiger charge is 2.52. The van der Waals surface area contributed by atoms with Gasteiger partial charge in [0, 0.05) is 13.7 Å². The van der Waals surface area contributed by atoms with E-state index in [0.29, 0.717) is 30.2 Å². The Hall–Kier alpha value is -2.34. The largest absolute Gasteiger partial charge is 0.508 e.